The minimum Gasteiger partial charge on any atom is -0.463 e. The van der Waals surface area contributed by atoms with Gasteiger partial charge in [0.1, 0.15) is 6.17 Å². The normalized spacial score (nSPS) is 20.0. The first-order chi connectivity index (χ1) is 11.2. The van der Waals surface area contributed by atoms with Crippen LogP contribution in [-0.4, -0.2) is 29.9 Å². The number of amides is 1. The summed E-state index contributed by atoms with van der Waals surface area (Å²) in [5.74, 6) is -0.444. The van der Waals surface area contributed by atoms with Gasteiger partial charge in [-0.1, -0.05) is 12.1 Å². The highest BCUT2D eigenvalue weighted by Crippen LogP contribution is 2.41. The zero-order valence-electron chi connectivity index (χ0n) is 12.6. The topological polar surface area (TPSA) is 71.8 Å². The van der Waals surface area contributed by atoms with E-state index in [0.29, 0.717) is 11.1 Å². The van der Waals surface area contributed by atoms with Crippen LogP contribution < -0.4 is 5.32 Å². The van der Waals surface area contributed by atoms with E-state index in [1.807, 2.05) is 24.3 Å². The Morgan fingerprint density at radius 2 is 2.09 bits per heavy atom. The molecule has 23 heavy (non-hydrogen) atoms. The molecular formula is C17H16N2O4. The molecule has 1 fully saturated rings. The maximum absolute atomic E-state index is 12.9. The first-order valence-corrected chi connectivity index (χ1v) is 7.54. The number of hydrogen-bond donors (Lipinski definition) is 1. The number of nitrogens with zero attached hydrogens (tertiary/aromatic N) is 1. The largest absolute Gasteiger partial charge is 0.463 e. The zero-order valence-corrected chi connectivity index (χ0v) is 12.6. The summed E-state index contributed by atoms with van der Waals surface area (Å²) >= 11 is 0. The highest BCUT2D eigenvalue weighted by Gasteiger charge is 2.43. The number of carbonyl (C=O) groups is 2. The molecule has 1 atom stereocenters. The standard InChI is InChI=1S/C17H16N2O4/c1-22-17(21)14-12(8-9-23-14)15-18-13-5-3-2-4-11(13)16(20)19(15)10-6-7-10/h2-5,8-10,15,18H,6-7H2,1H3. The molecule has 118 valence electrons. The van der Waals surface area contributed by atoms with Gasteiger partial charge in [0.15, 0.2) is 0 Å². The summed E-state index contributed by atoms with van der Waals surface area (Å²) in [5, 5.41) is 3.36. The average Bonchev–Trinajstić information content (AvgIpc) is 3.29. The first-order valence-electron chi connectivity index (χ1n) is 7.54. The molecule has 2 aromatic rings. The Morgan fingerprint density at radius 3 is 2.83 bits per heavy atom. The van der Waals surface area contributed by atoms with Crippen LogP contribution in [-0.2, 0) is 4.74 Å². The Balaban J connectivity index is 1.80. The molecule has 0 saturated heterocycles. The maximum Gasteiger partial charge on any atom is 0.374 e. The van der Waals surface area contributed by atoms with Gasteiger partial charge in [-0.3, -0.25) is 4.79 Å². The van der Waals surface area contributed by atoms with Crippen molar-refractivity contribution in [3.8, 4) is 0 Å². The van der Waals surface area contributed by atoms with E-state index in [9.17, 15) is 9.59 Å². The summed E-state index contributed by atoms with van der Waals surface area (Å²) < 4.78 is 10.1. The van der Waals surface area contributed by atoms with Gasteiger partial charge in [-0.2, -0.15) is 0 Å². The van der Waals surface area contributed by atoms with Crippen LogP contribution in [0.5, 0.6) is 0 Å². The van der Waals surface area contributed by atoms with Crippen molar-refractivity contribution in [2.24, 2.45) is 0 Å². The number of carbonyl (C=O) groups excluding carboxylic acids is 2. The fourth-order valence-electron chi connectivity index (χ4n) is 3.02. The molecule has 1 unspecified atom stereocenters. The summed E-state index contributed by atoms with van der Waals surface area (Å²) in [4.78, 5) is 26.6. The van der Waals surface area contributed by atoms with Gasteiger partial charge in [0, 0.05) is 17.3 Å². The Bertz CT molecular complexity index is 778. The second-order valence-corrected chi connectivity index (χ2v) is 5.73. The van der Waals surface area contributed by atoms with Crippen LogP contribution in [0.15, 0.2) is 41.0 Å². The highest BCUT2D eigenvalue weighted by atomic mass is 16.5. The zero-order chi connectivity index (χ0) is 16.0. The molecule has 6 heteroatoms. The number of methoxy groups -OCH3 is 1. The van der Waals surface area contributed by atoms with E-state index in [1.165, 1.54) is 13.4 Å². The van der Waals surface area contributed by atoms with Crippen LogP contribution in [0.4, 0.5) is 5.69 Å². The molecule has 1 aliphatic carbocycles. The Labute approximate surface area is 133 Å². The smallest absolute Gasteiger partial charge is 0.374 e. The predicted molar refractivity (Wildman–Crippen MR) is 82.0 cm³/mol. The van der Waals surface area contributed by atoms with E-state index in [2.05, 4.69) is 5.32 Å². The second kappa shape index (κ2) is 5.15. The number of para-hydroxylation sites is 1. The lowest BCUT2D eigenvalue weighted by molar-refractivity contribution is 0.0549. The quantitative estimate of drug-likeness (QED) is 0.882. The van der Waals surface area contributed by atoms with Gasteiger partial charge >= 0.3 is 5.97 Å². The molecule has 1 saturated carbocycles. The van der Waals surface area contributed by atoms with E-state index in [4.69, 9.17) is 9.15 Å². The van der Waals surface area contributed by atoms with Crippen LogP contribution in [0, 0.1) is 0 Å². The number of anilines is 1. The van der Waals surface area contributed by atoms with E-state index in [1.54, 1.807) is 11.0 Å². The van der Waals surface area contributed by atoms with Gasteiger partial charge in [-0.15, -0.1) is 0 Å². The van der Waals surface area contributed by atoms with Crippen molar-refractivity contribution in [1.29, 1.82) is 0 Å². The summed E-state index contributed by atoms with van der Waals surface area (Å²) in [6.45, 7) is 0. The molecular weight excluding hydrogens is 296 g/mol. The minimum absolute atomic E-state index is 0.0242. The number of hydrogen-bond acceptors (Lipinski definition) is 5. The molecule has 0 spiro atoms. The van der Waals surface area contributed by atoms with Crippen LogP contribution in [0.25, 0.3) is 0 Å². The molecule has 4 rings (SSSR count). The van der Waals surface area contributed by atoms with Crippen molar-refractivity contribution >= 4 is 17.6 Å². The van der Waals surface area contributed by atoms with Crippen LogP contribution in [0.2, 0.25) is 0 Å². The Hall–Kier alpha value is -2.76. The van der Waals surface area contributed by atoms with Gasteiger partial charge in [0.05, 0.1) is 18.9 Å². The number of esters is 1. The summed E-state index contributed by atoms with van der Waals surface area (Å²) in [6.07, 6.45) is 2.95. The Kier molecular flexibility index (Phi) is 3.11. The number of ether oxygens (including phenoxy) is 1. The maximum atomic E-state index is 12.9. The van der Waals surface area contributed by atoms with Crippen LogP contribution >= 0.6 is 0 Å². The van der Waals surface area contributed by atoms with Crippen molar-refractivity contribution in [2.45, 2.75) is 25.0 Å². The molecule has 0 radical (unpaired) electrons. The number of benzene rings is 1. The monoisotopic (exact) mass is 312 g/mol. The summed E-state index contributed by atoms with van der Waals surface area (Å²) in [6, 6.07) is 9.30. The fraction of sp³-hybridized carbons (Fsp3) is 0.294. The number of nitrogens with one attached hydrogen (secondary N) is 1. The van der Waals surface area contributed by atoms with E-state index in [0.717, 1.165) is 18.5 Å². The molecule has 1 aliphatic heterocycles. The second-order valence-electron chi connectivity index (χ2n) is 5.73. The fourth-order valence-corrected chi connectivity index (χ4v) is 3.02. The van der Waals surface area contributed by atoms with Crippen LogP contribution in [0.1, 0.15) is 45.5 Å². The van der Waals surface area contributed by atoms with Gasteiger partial charge in [-0.25, -0.2) is 4.79 Å². The SMILES string of the molecule is COC(=O)c1occc1C1Nc2ccccc2C(=O)N1C1CC1. The molecule has 2 heterocycles. The summed E-state index contributed by atoms with van der Waals surface area (Å²) in [5.41, 5.74) is 2.03. The predicted octanol–water partition coefficient (Wildman–Crippen LogP) is 2.80. The lowest BCUT2D eigenvalue weighted by Crippen LogP contribution is -2.44. The van der Waals surface area contributed by atoms with Crippen molar-refractivity contribution < 1.29 is 18.7 Å². The van der Waals surface area contributed by atoms with Crippen molar-refractivity contribution in [1.82, 2.24) is 4.90 Å². The number of fused-ring (bicyclic) bond motifs is 1. The van der Waals surface area contributed by atoms with E-state index >= 15 is 0 Å². The van der Waals surface area contributed by atoms with Gasteiger partial charge in [0.2, 0.25) is 5.76 Å². The third-order valence-corrected chi connectivity index (χ3v) is 4.26. The Morgan fingerprint density at radius 1 is 1.30 bits per heavy atom. The van der Waals surface area contributed by atoms with Crippen LogP contribution in [0.3, 0.4) is 0 Å². The third kappa shape index (κ3) is 2.18. The molecule has 0 bridgehead atoms. The molecule has 6 nitrogen and oxygen atoms in total. The highest BCUT2D eigenvalue weighted by molar-refractivity contribution is 6.02. The van der Waals surface area contributed by atoms with Crippen molar-refractivity contribution in [3.63, 3.8) is 0 Å². The van der Waals surface area contributed by atoms with E-state index < -0.39 is 12.1 Å². The van der Waals surface area contributed by atoms with Crippen molar-refractivity contribution in [3.05, 3.63) is 53.5 Å². The molecule has 1 N–H and O–H groups in total. The van der Waals surface area contributed by atoms with Crippen molar-refractivity contribution in [2.75, 3.05) is 12.4 Å². The van der Waals surface area contributed by atoms with Gasteiger partial charge < -0.3 is 19.4 Å². The summed E-state index contributed by atoms with van der Waals surface area (Å²) in [7, 11) is 1.31. The minimum atomic E-state index is -0.547. The molecule has 2 aliphatic rings. The third-order valence-electron chi connectivity index (χ3n) is 4.26. The van der Waals surface area contributed by atoms with Gasteiger partial charge in [0.25, 0.3) is 5.91 Å². The molecule has 1 aromatic heterocycles. The molecule has 1 amide bonds. The van der Waals surface area contributed by atoms with E-state index in [-0.39, 0.29) is 17.7 Å². The molecule has 1 aromatic carbocycles. The average molecular weight is 312 g/mol. The van der Waals surface area contributed by atoms with Gasteiger partial charge in [-0.05, 0) is 31.0 Å². The first kappa shape index (κ1) is 13.9. The lowest BCUT2D eigenvalue weighted by atomic mass is 10.0. The number of furan rings is 1. The number of rotatable bonds is 3. The lowest BCUT2D eigenvalue weighted by Gasteiger charge is -2.38.